The van der Waals surface area contributed by atoms with Crippen LogP contribution in [0.15, 0.2) is 78.9 Å². The van der Waals surface area contributed by atoms with Crippen LogP contribution in [-0.4, -0.2) is 53.5 Å². The number of carbonyl (C=O) groups is 2. The van der Waals surface area contributed by atoms with E-state index in [1.54, 1.807) is 22.9 Å². The molecule has 0 atom stereocenters. The smallest absolute Gasteiger partial charge is 0.312 e. The molecule has 8 nitrogen and oxygen atoms in total. The zero-order valence-electron chi connectivity index (χ0n) is 23.5. The van der Waals surface area contributed by atoms with E-state index in [0.29, 0.717) is 66.1 Å². The summed E-state index contributed by atoms with van der Waals surface area (Å²) >= 11 is 12.7. The number of rotatable bonds is 9. The SMILES string of the molecule is CCOC(=O)C1(Cc2ccccc2)CCN(NC(=O)c2nn(-c3ccccc3Cl)c(-c3ccc(Cl)cc3)c2OC)CC1. The largest absolute Gasteiger partial charge is 0.492 e. The fraction of sp³-hybridized carbons (Fsp3) is 0.281. The van der Waals surface area contributed by atoms with Crippen LogP contribution in [0.2, 0.25) is 10.0 Å². The molecule has 0 spiro atoms. The van der Waals surface area contributed by atoms with Gasteiger partial charge in [0, 0.05) is 23.7 Å². The van der Waals surface area contributed by atoms with Crippen LogP contribution in [0, 0.1) is 5.41 Å². The predicted molar refractivity (Wildman–Crippen MR) is 163 cm³/mol. The third-order valence-electron chi connectivity index (χ3n) is 7.53. The maximum Gasteiger partial charge on any atom is 0.312 e. The summed E-state index contributed by atoms with van der Waals surface area (Å²) in [5.74, 6) is -0.330. The fourth-order valence-electron chi connectivity index (χ4n) is 5.37. The van der Waals surface area contributed by atoms with E-state index < -0.39 is 11.3 Å². The number of benzene rings is 3. The molecule has 218 valence electrons. The number of nitrogens with zero attached hydrogens (tertiary/aromatic N) is 3. The lowest BCUT2D eigenvalue weighted by molar-refractivity contribution is -0.159. The number of amides is 1. The number of aromatic nitrogens is 2. The highest BCUT2D eigenvalue weighted by molar-refractivity contribution is 6.32. The lowest BCUT2D eigenvalue weighted by Crippen LogP contribution is -2.52. The van der Waals surface area contributed by atoms with Gasteiger partial charge in [-0.1, -0.05) is 77.8 Å². The van der Waals surface area contributed by atoms with E-state index in [1.165, 1.54) is 7.11 Å². The van der Waals surface area contributed by atoms with Crippen LogP contribution < -0.4 is 10.2 Å². The van der Waals surface area contributed by atoms with Gasteiger partial charge in [0.2, 0.25) is 0 Å². The zero-order valence-corrected chi connectivity index (χ0v) is 25.0. The molecule has 0 unspecified atom stereocenters. The van der Waals surface area contributed by atoms with Gasteiger partial charge in [-0.05, 0) is 56.0 Å². The van der Waals surface area contributed by atoms with Crippen molar-refractivity contribution in [2.45, 2.75) is 26.2 Å². The van der Waals surface area contributed by atoms with Crippen LogP contribution in [0.25, 0.3) is 16.9 Å². The fourth-order valence-corrected chi connectivity index (χ4v) is 5.71. The second-order valence-electron chi connectivity index (χ2n) is 10.2. The minimum absolute atomic E-state index is 0.105. The first-order chi connectivity index (χ1) is 20.3. The van der Waals surface area contributed by atoms with Gasteiger partial charge in [0.1, 0.15) is 5.69 Å². The molecule has 1 saturated heterocycles. The van der Waals surface area contributed by atoms with Crippen molar-refractivity contribution in [3.05, 3.63) is 100 Å². The van der Waals surface area contributed by atoms with E-state index in [4.69, 9.17) is 32.7 Å². The first-order valence-corrected chi connectivity index (χ1v) is 14.6. The first-order valence-electron chi connectivity index (χ1n) is 13.8. The Bertz CT molecular complexity index is 1550. The molecule has 5 rings (SSSR count). The van der Waals surface area contributed by atoms with Crippen molar-refractivity contribution in [1.82, 2.24) is 20.2 Å². The summed E-state index contributed by atoms with van der Waals surface area (Å²) in [6.07, 6.45) is 1.64. The minimum Gasteiger partial charge on any atom is -0.492 e. The number of piperidine rings is 1. The van der Waals surface area contributed by atoms with Crippen molar-refractivity contribution in [3.63, 3.8) is 0 Å². The van der Waals surface area contributed by atoms with Crippen LogP contribution in [-0.2, 0) is 16.0 Å². The quantitative estimate of drug-likeness (QED) is 0.222. The summed E-state index contributed by atoms with van der Waals surface area (Å²) in [6.45, 7) is 3.07. The Labute approximate surface area is 255 Å². The van der Waals surface area contributed by atoms with Crippen LogP contribution in [0.5, 0.6) is 5.75 Å². The summed E-state index contributed by atoms with van der Waals surface area (Å²) in [5.41, 5.74) is 5.41. The lowest BCUT2D eigenvalue weighted by atomic mass is 9.74. The molecule has 42 heavy (non-hydrogen) atoms. The van der Waals surface area contributed by atoms with Crippen LogP contribution in [0.3, 0.4) is 0 Å². The molecule has 4 aromatic rings. The van der Waals surface area contributed by atoms with Crippen molar-refractivity contribution >= 4 is 35.1 Å². The highest BCUT2D eigenvalue weighted by atomic mass is 35.5. The number of esters is 1. The standard InChI is InChI=1S/C32H32Cl2N4O4/c1-3-42-31(40)32(21-22-9-5-4-6-10-22)17-19-37(20-18-32)36-30(39)27-29(41-2)28(23-13-15-24(33)16-14-23)38(35-27)26-12-8-7-11-25(26)34/h4-16H,3,17-21H2,1-2H3,(H,36,39). The van der Waals surface area contributed by atoms with E-state index >= 15 is 0 Å². The van der Waals surface area contributed by atoms with Crippen molar-refractivity contribution < 1.29 is 19.1 Å². The number of para-hydroxylation sites is 1. The van der Waals surface area contributed by atoms with Gasteiger partial charge in [0.15, 0.2) is 11.4 Å². The molecule has 10 heteroatoms. The first kappa shape index (κ1) is 29.6. The zero-order chi connectivity index (χ0) is 29.7. The number of nitrogens with one attached hydrogen (secondary N) is 1. The number of carbonyl (C=O) groups excluding carboxylic acids is 2. The Balaban J connectivity index is 1.41. The third-order valence-corrected chi connectivity index (χ3v) is 8.11. The van der Waals surface area contributed by atoms with Crippen LogP contribution in [0.1, 0.15) is 35.8 Å². The Hall–Kier alpha value is -3.85. The number of hydrogen-bond acceptors (Lipinski definition) is 6. The molecule has 0 bridgehead atoms. The Kier molecular flexibility index (Phi) is 9.16. The highest BCUT2D eigenvalue weighted by Crippen LogP contribution is 2.39. The van der Waals surface area contributed by atoms with Crippen molar-refractivity contribution in [3.8, 4) is 22.7 Å². The molecule has 2 heterocycles. The second kappa shape index (κ2) is 13.0. The molecule has 0 radical (unpaired) electrons. The van der Waals surface area contributed by atoms with Crippen molar-refractivity contribution in [2.75, 3.05) is 26.8 Å². The molecule has 1 aliphatic heterocycles. The van der Waals surface area contributed by atoms with E-state index in [0.717, 1.165) is 11.1 Å². The van der Waals surface area contributed by atoms with E-state index in [2.05, 4.69) is 10.5 Å². The number of halogens is 2. The molecular formula is C32H32Cl2N4O4. The molecule has 0 saturated carbocycles. The Morgan fingerprint density at radius 2 is 1.62 bits per heavy atom. The van der Waals surface area contributed by atoms with Gasteiger partial charge in [-0.25, -0.2) is 9.69 Å². The maximum atomic E-state index is 13.7. The van der Waals surface area contributed by atoms with E-state index in [9.17, 15) is 9.59 Å². The molecule has 1 aliphatic rings. The van der Waals surface area contributed by atoms with Gasteiger partial charge in [-0.15, -0.1) is 0 Å². The van der Waals surface area contributed by atoms with Gasteiger partial charge in [0.25, 0.3) is 5.91 Å². The molecule has 1 fully saturated rings. The summed E-state index contributed by atoms with van der Waals surface area (Å²) in [4.78, 5) is 26.8. The minimum atomic E-state index is -0.663. The number of ether oxygens (including phenoxy) is 2. The Morgan fingerprint density at radius 3 is 2.26 bits per heavy atom. The molecule has 1 amide bonds. The normalized spacial score (nSPS) is 14.8. The van der Waals surface area contributed by atoms with Crippen molar-refractivity contribution in [2.24, 2.45) is 5.41 Å². The number of hydrogen-bond donors (Lipinski definition) is 1. The van der Waals surface area contributed by atoms with Gasteiger partial charge in [-0.3, -0.25) is 15.0 Å². The van der Waals surface area contributed by atoms with E-state index in [-0.39, 0.29) is 11.7 Å². The second-order valence-corrected chi connectivity index (χ2v) is 11.0. The molecule has 1 N–H and O–H groups in total. The number of hydrazine groups is 1. The van der Waals surface area contributed by atoms with Gasteiger partial charge < -0.3 is 9.47 Å². The summed E-state index contributed by atoms with van der Waals surface area (Å²) in [5, 5.41) is 7.54. The number of methoxy groups -OCH3 is 1. The molecule has 1 aromatic heterocycles. The maximum absolute atomic E-state index is 13.7. The molecule has 3 aromatic carbocycles. The van der Waals surface area contributed by atoms with Gasteiger partial charge >= 0.3 is 5.97 Å². The average molecular weight is 608 g/mol. The highest BCUT2D eigenvalue weighted by Gasteiger charge is 2.43. The van der Waals surface area contributed by atoms with Gasteiger partial charge in [0.05, 0.1) is 29.8 Å². The van der Waals surface area contributed by atoms with Gasteiger partial charge in [-0.2, -0.15) is 5.10 Å². The van der Waals surface area contributed by atoms with Crippen LogP contribution in [0.4, 0.5) is 0 Å². The topological polar surface area (TPSA) is 85.7 Å². The molecule has 0 aliphatic carbocycles. The Morgan fingerprint density at radius 1 is 0.952 bits per heavy atom. The summed E-state index contributed by atoms with van der Waals surface area (Å²) < 4.78 is 12.9. The van der Waals surface area contributed by atoms with E-state index in [1.807, 2.05) is 72.6 Å². The predicted octanol–water partition coefficient (Wildman–Crippen LogP) is 6.39. The molecular weight excluding hydrogens is 575 g/mol. The average Bonchev–Trinajstić information content (AvgIpc) is 3.39. The summed E-state index contributed by atoms with van der Waals surface area (Å²) in [7, 11) is 1.50. The monoisotopic (exact) mass is 606 g/mol. The summed E-state index contributed by atoms with van der Waals surface area (Å²) in [6, 6.07) is 24.4. The van der Waals surface area contributed by atoms with Crippen molar-refractivity contribution in [1.29, 1.82) is 0 Å². The lowest BCUT2D eigenvalue weighted by Gasteiger charge is -2.39. The van der Waals surface area contributed by atoms with Crippen LogP contribution >= 0.6 is 23.2 Å². The third kappa shape index (κ3) is 6.16.